The SMILES string of the molecule is COCCC1CCCCN(C(=O)c2cc(C(=O)O)co2)C1. The molecule has 6 heteroatoms. The van der Waals surface area contributed by atoms with Crippen molar-refractivity contribution in [1.29, 1.82) is 0 Å². The van der Waals surface area contributed by atoms with Gasteiger partial charge in [-0.25, -0.2) is 4.79 Å². The van der Waals surface area contributed by atoms with Gasteiger partial charge in [0.2, 0.25) is 0 Å². The number of furan rings is 1. The lowest BCUT2D eigenvalue weighted by molar-refractivity contribution is 0.0688. The number of nitrogens with zero attached hydrogens (tertiary/aromatic N) is 1. The average Bonchev–Trinajstić information content (AvgIpc) is 2.85. The molecule has 0 aliphatic carbocycles. The molecule has 1 aliphatic rings. The predicted molar refractivity (Wildman–Crippen MR) is 75.4 cm³/mol. The minimum Gasteiger partial charge on any atom is -0.478 e. The highest BCUT2D eigenvalue weighted by molar-refractivity contribution is 5.95. The molecule has 1 fully saturated rings. The van der Waals surface area contributed by atoms with E-state index in [1.807, 2.05) is 0 Å². The molecule has 0 aromatic carbocycles. The molecule has 2 heterocycles. The monoisotopic (exact) mass is 295 g/mol. The molecule has 1 N–H and O–H groups in total. The Bertz CT molecular complexity index is 496. The Hall–Kier alpha value is -1.82. The number of likely N-dealkylation sites (tertiary alicyclic amines) is 1. The van der Waals surface area contributed by atoms with Crippen molar-refractivity contribution < 1.29 is 23.8 Å². The Labute approximate surface area is 123 Å². The third kappa shape index (κ3) is 4.07. The van der Waals surface area contributed by atoms with E-state index < -0.39 is 5.97 Å². The van der Waals surface area contributed by atoms with Crippen LogP contribution in [0.5, 0.6) is 0 Å². The van der Waals surface area contributed by atoms with E-state index in [1.165, 1.54) is 6.07 Å². The highest BCUT2D eigenvalue weighted by Gasteiger charge is 2.25. The van der Waals surface area contributed by atoms with E-state index in [1.54, 1.807) is 12.0 Å². The smallest absolute Gasteiger partial charge is 0.338 e. The van der Waals surface area contributed by atoms with Crippen molar-refractivity contribution >= 4 is 11.9 Å². The lowest BCUT2D eigenvalue weighted by Gasteiger charge is -2.23. The van der Waals surface area contributed by atoms with Crippen molar-refractivity contribution in [1.82, 2.24) is 4.90 Å². The van der Waals surface area contributed by atoms with Crippen molar-refractivity contribution in [2.45, 2.75) is 25.7 Å². The zero-order valence-corrected chi connectivity index (χ0v) is 12.2. The normalized spacial score (nSPS) is 19.3. The van der Waals surface area contributed by atoms with Gasteiger partial charge in [0.25, 0.3) is 5.91 Å². The number of carboxylic acid groups (broad SMARTS) is 1. The van der Waals surface area contributed by atoms with Gasteiger partial charge in [-0.2, -0.15) is 0 Å². The van der Waals surface area contributed by atoms with Crippen LogP contribution in [0, 0.1) is 5.92 Å². The summed E-state index contributed by atoms with van der Waals surface area (Å²) in [6.07, 6.45) is 5.18. The molecule has 21 heavy (non-hydrogen) atoms. The molecular weight excluding hydrogens is 274 g/mol. The Morgan fingerprint density at radius 3 is 2.95 bits per heavy atom. The van der Waals surface area contributed by atoms with E-state index >= 15 is 0 Å². The largest absolute Gasteiger partial charge is 0.478 e. The zero-order chi connectivity index (χ0) is 15.2. The standard InChI is InChI=1S/C15H21NO5/c1-20-7-5-11-4-2-3-6-16(9-11)14(17)13-8-12(10-21-13)15(18)19/h8,10-11H,2-7,9H2,1H3,(H,18,19). The predicted octanol–water partition coefficient (Wildman–Crippen LogP) is 2.26. The van der Waals surface area contributed by atoms with Gasteiger partial charge in [-0.15, -0.1) is 0 Å². The fourth-order valence-corrected chi connectivity index (χ4v) is 2.65. The van der Waals surface area contributed by atoms with E-state index in [2.05, 4.69) is 0 Å². The number of carbonyl (C=O) groups excluding carboxylic acids is 1. The second-order valence-corrected chi connectivity index (χ2v) is 5.40. The molecule has 116 valence electrons. The highest BCUT2D eigenvalue weighted by atomic mass is 16.5. The molecular formula is C15H21NO5. The van der Waals surface area contributed by atoms with Crippen LogP contribution < -0.4 is 0 Å². The summed E-state index contributed by atoms with van der Waals surface area (Å²) in [6.45, 7) is 2.05. The third-order valence-electron chi connectivity index (χ3n) is 3.84. The van der Waals surface area contributed by atoms with Crippen LogP contribution in [0.1, 0.15) is 46.6 Å². The summed E-state index contributed by atoms with van der Waals surface area (Å²) in [6, 6.07) is 1.29. The summed E-state index contributed by atoms with van der Waals surface area (Å²) in [5, 5.41) is 8.88. The van der Waals surface area contributed by atoms with Gasteiger partial charge in [0, 0.05) is 32.9 Å². The Morgan fingerprint density at radius 2 is 2.29 bits per heavy atom. The fraction of sp³-hybridized carbons (Fsp3) is 0.600. The van der Waals surface area contributed by atoms with E-state index in [-0.39, 0.29) is 17.2 Å². The first-order chi connectivity index (χ1) is 10.1. The average molecular weight is 295 g/mol. The van der Waals surface area contributed by atoms with Gasteiger partial charge < -0.3 is 19.2 Å². The number of aromatic carboxylic acids is 1. The van der Waals surface area contributed by atoms with E-state index in [0.29, 0.717) is 25.6 Å². The lowest BCUT2D eigenvalue weighted by atomic mass is 10.00. The molecule has 1 aromatic heterocycles. The molecule has 1 unspecified atom stereocenters. The summed E-state index contributed by atoms with van der Waals surface area (Å²) in [4.78, 5) is 25.0. The van der Waals surface area contributed by atoms with Crippen molar-refractivity contribution in [3.8, 4) is 0 Å². The first-order valence-electron chi connectivity index (χ1n) is 7.22. The summed E-state index contributed by atoms with van der Waals surface area (Å²) in [5.41, 5.74) is 0.00380. The number of hydrogen-bond acceptors (Lipinski definition) is 4. The summed E-state index contributed by atoms with van der Waals surface area (Å²) in [7, 11) is 1.68. The van der Waals surface area contributed by atoms with Crippen LogP contribution in [-0.4, -0.2) is 48.7 Å². The fourth-order valence-electron chi connectivity index (χ4n) is 2.65. The second-order valence-electron chi connectivity index (χ2n) is 5.40. The minimum atomic E-state index is -1.09. The van der Waals surface area contributed by atoms with E-state index in [4.69, 9.17) is 14.3 Å². The van der Waals surface area contributed by atoms with Crippen molar-refractivity contribution in [3.63, 3.8) is 0 Å². The zero-order valence-electron chi connectivity index (χ0n) is 12.2. The van der Waals surface area contributed by atoms with Crippen LogP contribution in [0.2, 0.25) is 0 Å². The van der Waals surface area contributed by atoms with E-state index in [9.17, 15) is 9.59 Å². The molecule has 1 aliphatic heterocycles. The topological polar surface area (TPSA) is 80.0 Å². The molecule has 1 saturated heterocycles. The number of amides is 1. The maximum atomic E-state index is 12.4. The summed E-state index contributed by atoms with van der Waals surface area (Å²) in [5.74, 6) is -0.802. The lowest BCUT2D eigenvalue weighted by Crippen LogP contribution is -2.34. The van der Waals surface area contributed by atoms with Crippen molar-refractivity contribution in [3.05, 3.63) is 23.7 Å². The van der Waals surface area contributed by atoms with Crippen LogP contribution >= 0.6 is 0 Å². The Kier molecular flexibility index (Phi) is 5.38. The van der Waals surface area contributed by atoms with Crippen molar-refractivity contribution in [2.75, 3.05) is 26.8 Å². The van der Waals surface area contributed by atoms with Crippen LogP contribution in [0.4, 0.5) is 0 Å². The van der Waals surface area contributed by atoms with Gasteiger partial charge in [-0.3, -0.25) is 4.79 Å². The van der Waals surface area contributed by atoms with E-state index in [0.717, 1.165) is 31.9 Å². The van der Waals surface area contributed by atoms with Crippen LogP contribution in [0.15, 0.2) is 16.7 Å². The molecule has 1 amide bonds. The Balaban J connectivity index is 2.03. The summed E-state index contributed by atoms with van der Waals surface area (Å²) >= 11 is 0. The second kappa shape index (κ2) is 7.26. The molecule has 0 saturated carbocycles. The van der Waals surface area contributed by atoms with Crippen LogP contribution in [-0.2, 0) is 4.74 Å². The maximum Gasteiger partial charge on any atom is 0.338 e. The molecule has 0 spiro atoms. The Morgan fingerprint density at radius 1 is 1.48 bits per heavy atom. The van der Waals surface area contributed by atoms with Gasteiger partial charge >= 0.3 is 5.97 Å². The van der Waals surface area contributed by atoms with Gasteiger partial charge in [0.15, 0.2) is 5.76 Å². The number of carbonyl (C=O) groups is 2. The molecule has 1 aromatic rings. The number of methoxy groups -OCH3 is 1. The minimum absolute atomic E-state index is 0.00380. The van der Waals surface area contributed by atoms with Crippen LogP contribution in [0.25, 0.3) is 0 Å². The first kappa shape index (κ1) is 15.6. The molecule has 6 nitrogen and oxygen atoms in total. The number of hydrogen-bond donors (Lipinski definition) is 1. The first-order valence-corrected chi connectivity index (χ1v) is 7.22. The molecule has 1 atom stereocenters. The number of rotatable bonds is 5. The quantitative estimate of drug-likeness (QED) is 0.901. The highest BCUT2D eigenvalue weighted by Crippen LogP contribution is 2.21. The van der Waals surface area contributed by atoms with Gasteiger partial charge in [-0.1, -0.05) is 6.42 Å². The number of ether oxygens (including phenoxy) is 1. The molecule has 0 bridgehead atoms. The van der Waals surface area contributed by atoms with Gasteiger partial charge in [-0.05, 0) is 25.2 Å². The van der Waals surface area contributed by atoms with Crippen molar-refractivity contribution in [2.24, 2.45) is 5.92 Å². The molecule has 0 radical (unpaired) electrons. The third-order valence-corrected chi connectivity index (χ3v) is 3.84. The van der Waals surface area contributed by atoms with Gasteiger partial charge in [0.1, 0.15) is 6.26 Å². The molecule has 2 rings (SSSR count). The maximum absolute atomic E-state index is 12.4. The van der Waals surface area contributed by atoms with Crippen LogP contribution in [0.3, 0.4) is 0 Å². The number of carboxylic acids is 1. The van der Waals surface area contributed by atoms with Gasteiger partial charge in [0.05, 0.1) is 5.56 Å². The summed E-state index contributed by atoms with van der Waals surface area (Å²) < 4.78 is 10.2.